The summed E-state index contributed by atoms with van der Waals surface area (Å²) in [5, 5.41) is 3.57. The molecule has 0 bridgehead atoms. The lowest BCUT2D eigenvalue weighted by Crippen LogP contribution is -2.23. The standard InChI is InChI=1S/C19H22N2/c1-2-6-15(7-3-1)18-10-5-13-21(18)14-17-9-4-8-16-11-12-20-19(16)17/h1-4,6-9,18,20H,5,10-14H2. The second-order valence-corrected chi connectivity index (χ2v) is 6.17. The Morgan fingerprint density at radius 3 is 2.86 bits per heavy atom. The summed E-state index contributed by atoms with van der Waals surface area (Å²) in [6.45, 7) is 3.37. The highest BCUT2D eigenvalue weighted by atomic mass is 15.2. The van der Waals surface area contributed by atoms with Gasteiger partial charge in [-0.3, -0.25) is 4.90 Å². The Kier molecular flexibility index (Phi) is 3.40. The summed E-state index contributed by atoms with van der Waals surface area (Å²) in [4.78, 5) is 2.64. The van der Waals surface area contributed by atoms with Gasteiger partial charge in [0.05, 0.1) is 0 Å². The number of nitrogens with one attached hydrogen (secondary N) is 1. The lowest BCUT2D eigenvalue weighted by molar-refractivity contribution is 0.249. The zero-order valence-corrected chi connectivity index (χ0v) is 12.4. The third kappa shape index (κ3) is 2.44. The van der Waals surface area contributed by atoms with Gasteiger partial charge in [-0.25, -0.2) is 0 Å². The molecule has 1 saturated heterocycles. The average molecular weight is 278 g/mol. The first-order valence-electron chi connectivity index (χ1n) is 8.05. The highest BCUT2D eigenvalue weighted by Gasteiger charge is 2.27. The number of anilines is 1. The van der Waals surface area contributed by atoms with Gasteiger partial charge in [-0.15, -0.1) is 0 Å². The maximum Gasteiger partial charge on any atom is 0.0419 e. The van der Waals surface area contributed by atoms with Crippen molar-refractivity contribution in [3.8, 4) is 0 Å². The molecule has 0 aliphatic carbocycles. The molecule has 4 rings (SSSR count). The molecular weight excluding hydrogens is 256 g/mol. The van der Waals surface area contributed by atoms with Crippen LogP contribution in [0.2, 0.25) is 0 Å². The van der Waals surface area contributed by atoms with Crippen LogP contribution in [0.4, 0.5) is 5.69 Å². The normalized spacial score (nSPS) is 21.2. The number of benzene rings is 2. The molecule has 0 aromatic heterocycles. The molecule has 0 spiro atoms. The monoisotopic (exact) mass is 278 g/mol. The summed E-state index contributed by atoms with van der Waals surface area (Å²) < 4.78 is 0. The largest absolute Gasteiger partial charge is 0.384 e. The first kappa shape index (κ1) is 12.9. The molecule has 1 unspecified atom stereocenters. The molecule has 2 aromatic carbocycles. The van der Waals surface area contributed by atoms with Crippen LogP contribution in [0.1, 0.15) is 35.6 Å². The molecule has 0 radical (unpaired) electrons. The van der Waals surface area contributed by atoms with Crippen molar-refractivity contribution in [2.75, 3.05) is 18.4 Å². The van der Waals surface area contributed by atoms with Crippen LogP contribution in [0.5, 0.6) is 0 Å². The molecular formula is C19H22N2. The number of nitrogens with zero attached hydrogens (tertiary/aromatic N) is 1. The van der Waals surface area contributed by atoms with E-state index in [1.165, 1.54) is 48.2 Å². The number of likely N-dealkylation sites (tertiary alicyclic amines) is 1. The third-order valence-electron chi connectivity index (χ3n) is 4.85. The topological polar surface area (TPSA) is 15.3 Å². The fraction of sp³-hybridized carbons (Fsp3) is 0.368. The molecule has 2 aliphatic heterocycles. The van der Waals surface area contributed by atoms with E-state index in [-0.39, 0.29) is 0 Å². The number of hydrogen-bond donors (Lipinski definition) is 1. The Balaban J connectivity index is 1.58. The van der Waals surface area contributed by atoms with Crippen molar-refractivity contribution in [1.29, 1.82) is 0 Å². The Labute approximate surface area is 126 Å². The zero-order chi connectivity index (χ0) is 14.1. The van der Waals surface area contributed by atoms with E-state index in [2.05, 4.69) is 58.7 Å². The molecule has 108 valence electrons. The van der Waals surface area contributed by atoms with Crippen LogP contribution in [0.25, 0.3) is 0 Å². The first-order valence-corrected chi connectivity index (χ1v) is 8.05. The van der Waals surface area contributed by atoms with E-state index in [4.69, 9.17) is 0 Å². The molecule has 0 saturated carbocycles. The van der Waals surface area contributed by atoms with Crippen molar-refractivity contribution in [3.05, 3.63) is 65.2 Å². The highest BCUT2D eigenvalue weighted by Crippen LogP contribution is 2.35. The van der Waals surface area contributed by atoms with Gasteiger partial charge in [-0.1, -0.05) is 48.5 Å². The van der Waals surface area contributed by atoms with Gasteiger partial charge in [0.2, 0.25) is 0 Å². The minimum atomic E-state index is 0.587. The Bertz CT molecular complexity index is 621. The van der Waals surface area contributed by atoms with Gasteiger partial charge < -0.3 is 5.32 Å². The van der Waals surface area contributed by atoms with Gasteiger partial charge in [-0.2, -0.15) is 0 Å². The van der Waals surface area contributed by atoms with Gasteiger partial charge >= 0.3 is 0 Å². The predicted octanol–water partition coefficient (Wildman–Crippen LogP) is 3.99. The van der Waals surface area contributed by atoms with Crippen LogP contribution in [-0.2, 0) is 13.0 Å². The Morgan fingerprint density at radius 1 is 1.05 bits per heavy atom. The molecule has 2 aromatic rings. The second kappa shape index (κ2) is 5.53. The molecule has 1 N–H and O–H groups in total. The number of hydrogen-bond acceptors (Lipinski definition) is 2. The second-order valence-electron chi connectivity index (χ2n) is 6.17. The minimum Gasteiger partial charge on any atom is -0.384 e. The molecule has 2 aliphatic rings. The van der Waals surface area contributed by atoms with Crippen molar-refractivity contribution >= 4 is 5.69 Å². The summed E-state index contributed by atoms with van der Waals surface area (Å²) >= 11 is 0. The summed E-state index contributed by atoms with van der Waals surface area (Å²) in [5.41, 5.74) is 5.82. The summed E-state index contributed by atoms with van der Waals surface area (Å²) in [5.74, 6) is 0. The summed E-state index contributed by atoms with van der Waals surface area (Å²) in [6, 6.07) is 18.3. The zero-order valence-electron chi connectivity index (χ0n) is 12.4. The molecule has 2 heterocycles. The van der Waals surface area contributed by atoms with Gasteiger partial charge in [0.1, 0.15) is 0 Å². The number of para-hydroxylation sites is 1. The molecule has 1 atom stereocenters. The minimum absolute atomic E-state index is 0.587. The van der Waals surface area contributed by atoms with Crippen molar-refractivity contribution < 1.29 is 0 Å². The maximum atomic E-state index is 3.57. The summed E-state index contributed by atoms with van der Waals surface area (Å²) in [7, 11) is 0. The fourth-order valence-corrected chi connectivity index (χ4v) is 3.83. The molecule has 21 heavy (non-hydrogen) atoms. The quantitative estimate of drug-likeness (QED) is 0.913. The molecule has 1 fully saturated rings. The van der Waals surface area contributed by atoms with Crippen LogP contribution in [0.3, 0.4) is 0 Å². The molecule has 0 amide bonds. The molecule has 2 heteroatoms. The van der Waals surface area contributed by atoms with Gasteiger partial charge in [-0.05, 0) is 42.5 Å². The van der Waals surface area contributed by atoms with Gasteiger partial charge in [0, 0.05) is 24.8 Å². The SMILES string of the molecule is c1ccc(C2CCCN2Cc2cccc3c2NCC3)cc1. The van der Waals surface area contributed by atoms with Crippen molar-refractivity contribution in [2.24, 2.45) is 0 Å². The van der Waals surface area contributed by atoms with E-state index in [0.717, 1.165) is 13.1 Å². The lowest BCUT2D eigenvalue weighted by atomic mass is 10.0. The average Bonchev–Trinajstić information content (AvgIpc) is 3.17. The van der Waals surface area contributed by atoms with Crippen LogP contribution in [0.15, 0.2) is 48.5 Å². The van der Waals surface area contributed by atoms with Crippen molar-refractivity contribution in [3.63, 3.8) is 0 Å². The van der Waals surface area contributed by atoms with Crippen LogP contribution < -0.4 is 5.32 Å². The lowest BCUT2D eigenvalue weighted by Gasteiger charge is -2.26. The maximum absolute atomic E-state index is 3.57. The van der Waals surface area contributed by atoms with E-state index in [0.29, 0.717) is 6.04 Å². The predicted molar refractivity (Wildman–Crippen MR) is 87.5 cm³/mol. The van der Waals surface area contributed by atoms with E-state index >= 15 is 0 Å². The van der Waals surface area contributed by atoms with E-state index in [9.17, 15) is 0 Å². The van der Waals surface area contributed by atoms with Crippen LogP contribution in [-0.4, -0.2) is 18.0 Å². The fourth-order valence-electron chi connectivity index (χ4n) is 3.83. The van der Waals surface area contributed by atoms with Crippen molar-refractivity contribution in [2.45, 2.75) is 31.8 Å². The van der Waals surface area contributed by atoms with Gasteiger partial charge in [0.15, 0.2) is 0 Å². The Morgan fingerprint density at radius 2 is 1.95 bits per heavy atom. The Hall–Kier alpha value is -1.80. The number of rotatable bonds is 3. The smallest absolute Gasteiger partial charge is 0.0419 e. The van der Waals surface area contributed by atoms with E-state index < -0.39 is 0 Å². The highest BCUT2D eigenvalue weighted by molar-refractivity contribution is 5.61. The summed E-state index contributed by atoms with van der Waals surface area (Å²) in [6.07, 6.45) is 3.76. The van der Waals surface area contributed by atoms with Crippen LogP contribution in [0, 0.1) is 0 Å². The van der Waals surface area contributed by atoms with Gasteiger partial charge in [0.25, 0.3) is 0 Å². The van der Waals surface area contributed by atoms with Crippen LogP contribution >= 0.6 is 0 Å². The van der Waals surface area contributed by atoms with Crippen molar-refractivity contribution in [1.82, 2.24) is 4.90 Å². The van der Waals surface area contributed by atoms with E-state index in [1.807, 2.05) is 0 Å². The number of fused-ring (bicyclic) bond motifs is 1. The van der Waals surface area contributed by atoms with E-state index in [1.54, 1.807) is 0 Å². The first-order chi connectivity index (χ1) is 10.4. The molecule has 2 nitrogen and oxygen atoms in total. The third-order valence-corrected chi connectivity index (χ3v) is 4.85.